The van der Waals surface area contributed by atoms with E-state index in [1.165, 1.54) is 0 Å². The number of carbonyl (C=O) groups is 1. The molecule has 0 bridgehead atoms. The Morgan fingerprint density at radius 2 is 2.41 bits per heavy atom. The van der Waals surface area contributed by atoms with Crippen LogP contribution in [0.5, 0.6) is 0 Å². The number of rotatable bonds is 3. The van der Waals surface area contributed by atoms with Crippen molar-refractivity contribution >= 4 is 11.9 Å². The zero-order valence-electron chi connectivity index (χ0n) is 10.5. The van der Waals surface area contributed by atoms with E-state index in [0.717, 1.165) is 25.9 Å². The number of guanidine groups is 1. The Kier molecular flexibility index (Phi) is 3.63. The smallest absolute Gasteiger partial charge is 0.253 e. The van der Waals surface area contributed by atoms with E-state index in [9.17, 15) is 4.79 Å². The molecule has 0 aromatic carbocycles. The van der Waals surface area contributed by atoms with E-state index < -0.39 is 5.54 Å². The van der Waals surface area contributed by atoms with Crippen LogP contribution in [-0.4, -0.2) is 62.7 Å². The fourth-order valence-electron chi connectivity index (χ4n) is 2.43. The summed E-state index contributed by atoms with van der Waals surface area (Å²) in [6.45, 7) is 2.91. The number of methoxy groups -OCH3 is 1. The average molecular weight is 240 g/mol. The van der Waals surface area contributed by atoms with Crippen LogP contribution in [0.4, 0.5) is 0 Å². The fourth-order valence-corrected chi connectivity index (χ4v) is 2.43. The molecule has 0 aromatic rings. The maximum absolute atomic E-state index is 12.0. The van der Waals surface area contributed by atoms with Gasteiger partial charge in [0.2, 0.25) is 0 Å². The molecule has 2 aliphatic heterocycles. The first kappa shape index (κ1) is 12.3. The average Bonchev–Trinajstić information content (AvgIpc) is 2.56. The van der Waals surface area contributed by atoms with Crippen LogP contribution in [0.25, 0.3) is 0 Å². The molecule has 2 fully saturated rings. The summed E-state index contributed by atoms with van der Waals surface area (Å²) in [5.41, 5.74) is -0.473. The normalized spacial score (nSPS) is 31.9. The molecule has 0 radical (unpaired) electrons. The molecule has 6 nitrogen and oxygen atoms in total. The summed E-state index contributed by atoms with van der Waals surface area (Å²) in [4.78, 5) is 18.5. The highest BCUT2D eigenvalue weighted by molar-refractivity contribution is 6.09. The van der Waals surface area contributed by atoms with Crippen LogP contribution in [0.1, 0.15) is 12.8 Å². The molecule has 0 aliphatic carbocycles. The monoisotopic (exact) mass is 240 g/mol. The first-order valence-corrected chi connectivity index (χ1v) is 5.98. The second-order valence-electron chi connectivity index (χ2n) is 4.73. The molecule has 1 unspecified atom stereocenters. The molecule has 2 saturated heterocycles. The number of amides is 1. The molecule has 96 valence electrons. The molecular formula is C11H20N4O2. The molecule has 2 N–H and O–H groups in total. The number of nitrogens with one attached hydrogen (secondary N) is 2. The van der Waals surface area contributed by atoms with Crippen molar-refractivity contribution in [2.24, 2.45) is 4.99 Å². The fraction of sp³-hybridized carbons (Fsp3) is 0.818. The molecule has 0 saturated carbocycles. The molecule has 1 atom stereocenters. The lowest BCUT2D eigenvalue weighted by molar-refractivity contribution is -0.125. The molecule has 1 amide bonds. The highest BCUT2D eigenvalue weighted by Gasteiger charge is 2.46. The standard InChI is InChI=1S/C11H20N4O2/c1-15-6-3-4-11(8-15)9(16)13-10(14-11)12-5-7-17-2/h3-8H2,1-2H3,(H2,12,13,14,16). The van der Waals surface area contributed by atoms with E-state index in [1.54, 1.807) is 7.11 Å². The molecule has 2 heterocycles. The van der Waals surface area contributed by atoms with Crippen LogP contribution in [0.3, 0.4) is 0 Å². The molecule has 0 aromatic heterocycles. The minimum atomic E-state index is -0.473. The predicted molar refractivity (Wildman–Crippen MR) is 64.9 cm³/mol. The van der Waals surface area contributed by atoms with Crippen molar-refractivity contribution in [2.45, 2.75) is 18.4 Å². The molecular weight excluding hydrogens is 220 g/mol. The number of ether oxygens (including phenoxy) is 1. The third-order valence-corrected chi connectivity index (χ3v) is 3.27. The molecule has 1 spiro atoms. The number of likely N-dealkylation sites (N-methyl/N-ethyl adjacent to an activating group) is 1. The second-order valence-corrected chi connectivity index (χ2v) is 4.73. The third kappa shape index (κ3) is 2.58. The van der Waals surface area contributed by atoms with Gasteiger partial charge in [-0.15, -0.1) is 0 Å². The number of piperidine rings is 1. The van der Waals surface area contributed by atoms with E-state index in [2.05, 4.69) is 20.5 Å². The zero-order valence-corrected chi connectivity index (χ0v) is 10.5. The van der Waals surface area contributed by atoms with Gasteiger partial charge >= 0.3 is 0 Å². The Morgan fingerprint density at radius 1 is 1.59 bits per heavy atom. The van der Waals surface area contributed by atoms with Crippen molar-refractivity contribution in [2.75, 3.05) is 40.4 Å². The summed E-state index contributed by atoms with van der Waals surface area (Å²) < 4.78 is 4.93. The number of nitrogens with zero attached hydrogens (tertiary/aromatic N) is 2. The maximum Gasteiger partial charge on any atom is 0.253 e. The first-order valence-electron chi connectivity index (χ1n) is 5.98. The van der Waals surface area contributed by atoms with Crippen molar-refractivity contribution in [3.8, 4) is 0 Å². The Morgan fingerprint density at radius 3 is 3.12 bits per heavy atom. The van der Waals surface area contributed by atoms with Crippen molar-refractivity contribution in [1.82, 2.24) is 15.5 Å². The van der Waals surface area contributed by atoms with E-state index in [4.69, 9.17) is 4.74 Å². The van der Waals surface area contributed by atoms with Gasteiger partial charge in [-0.3, -0.25) is 15.1 Å². The van der Waals surface area contributed by atoms with Crippen molar-refractivity contribution in [3.63, 3.8) is 0 Å². The quantitative estimate of drug-likeness (QED) is 0.632. The van der Waals surface area contributed by atoms with Crippen LogP contribution in [0.15, 0.2) is 4.99 Å². The summed E-state index contributed by atoms with van der Waals surface area (Å²) >= 11 is 0. The van der Waals surface area contributed by atoms with Gasteiger partial charge in [-0.2, -0.15) is 0 Å². The molecule has 17 heavy (non-hydrogen) atoms. The van der Waals surface area contributed by atoms with Gasteiger partial charge in [0, 0.05) is 13.7 Å². The van der Waals surface area contributed by atoms with Crippen molar-refractivity contribution in [1.29, 1.82) is 0 Å². The van der Waals surface area contributed by atoms with Crippen LogP contribution < -0.4 is 10.6 Å². The molecule has 2 rings (SSSR count). The van der Waals surface area contributed by atoms with Gasteiger partial charge in [0.1, 0.15) is 5.54 Å². The van der Waals surface area contributed by atoms with Crippen LogP contribution in [0, 0.1) is 0 Å². The summed E-state index contributed by atoms with van der Waals surface area (Å²) in [6.07, 6.45) is 1.90. The van der Waals surface area contributed by atoms with Crippen LogP contribution in [-0.2, 0) is 9.53 Å². The van der Waals surface area contributed by atoms with Gasteiger partial charge in [0.15, 0.2) is 5.96 Å². The van der Waals surface area contributed by atoms with Gasteiger partial charge < -0.3 is 15.0 Å². The second kappa shape index (κ2) is 5.01. The highest BCUT2D eigenvalue weighted by atomic mass is 16.5. The molecule has 2 aliphatic rings. The lowest BCUT2D eigenvalue weighted by Gasteiger charge is -2.36. The minimum absolute atomic E-state index is 0.0419. The Labute approximate surface area is 101 Å². The van der Waals surface area contributed by atoms with Crippen molar-refractivity contribution in [3.05, 3.63) is 0 Å². The van der Waals surface area contributed by atoms with E-state index in [1.807, 2.05) is 7.05 Å². The lowest BCUT2D eigenvalue weighted by Crippen LogP contribution is -2.57. The summed E-state index contributed by atoms with van der Waals surface area (Å²) in [7, 11) is 3.67. The minimum Gasteiger partial charge on any atom is -0.383 e. The largest absolute Gasteiger partial charge is 0.383 e. The van der Waals surface area contributed by atoms with Crippen LogP contribution in [0.2, 0.25) is 0 Å². The number of likely N-dealkylation sites (tertiary alicyclic amines) is 1. The molecule has 6 heteroatoms. The summed E-state index contributed by atoms with van der Waals surface area (Å²) in [6, 6.07) is 0. The van der Waals surface area contributed by atoms with E-state index >= 15 is 0 Å². The Bertz CT molecular complexity index is 331. The van der Waals surface area contributed by atoms with Gasteiger partial charge in [-0.25, -0.2) is 0 Å². The maximum atomic E-state index is 12.0. The SMILES string of the molecule is COCCN=C1NC(=O)C2(CCCN(C)C2)N1. The van der Waals surface area contributed by atoms with Gasteiger partial charge in [0.25, 0.3) is 5.91 Å². The number of hydrogen-bond donors (Lipinski definition) is 2. The van der Waals surface area contributed by atoms with Gasteiger partial charge in [-0.1, -0.05) is 0 Å². The number of aliphatic imine (C=N–C) groups is 1. The van der Waals surface area contributed by atoms with Gasteiger partial charge in [-0.05, 0) is 26.4 Å². The van der Waals surface area contributed by atoms with Gasteiger partial charge in [0.05, 0.1) is 13.2 Å². The number of hydrogen-bond acceptors (Lipinski definition) is 4. The highest BCUT2D eigenvalue weighted by Crippen LogP contribution is 2.23. The first-order chi connectivity index (χ1) is 8.16. The Balaban J connectivity index is 2.01. The Hall–Kier alpha value is -1.14. The van der Waals surface area contributed by atoms with Crippen molar-refractivity contribution < 1.29 is 9.53 Å². The van der Waals surface area contributed by atoms with E-state index in [-0.39, 0.29) is 5.91 Å². The zero-order chi connectivity index (χ0) is 12.3. The lowest BCUT2D eigenvalue weighted by atomic mass is 9.89. The summed E-state index contributed by atoms with van der Waals surface area (Å²) in [5.74, 6) is 0.627. The topological polar surface area (TPSA) is 66.0 Å². The van der Waals surface area contributed by atoms with E-state index in [0.29, 0.717) is 19.1 Å². The summed E-state index contributed by atoms with van der Waals surface area (Å²) in [5, 5.41) is 6.05. The predicted octanol–water partition coefficient (Wildman–Crippen LogP) is -0.827. The third-order valence-electron chi connectivity index (χ3n) is 3.27. The number of carbonyl (C=O) groups excluding carboxylic acids is 1. The van der Waals surface area contributed by atoms with Crippen LogP contribution >= 0.6 is 0 Å².